The van der Waals surface area contributed by atoms with Gasteiger partial charge in [0.25, 0.3) is 0 Å². The Bertz CT molecular complexity index is 667. The summed E-state index contributed by atoms with van der Waals surface area (Å²) in [7, 11) is -2.94. The summed E-state index contributed by atoms with van der Waals surface area (Å²) in [5.41, 5.74) is 0.527. The molecule has 1 saturated heterocycles. The number of rotatable bonds is 2. The number of nitrogens with zero attached hydrogens (tertiary/aromatic N) is 5. The van der Waals surface area contributed by atoms with Gasteiger partial charge in [0.2, 0.25) is 0 Å². The van der Waals surface area contributed by atoms with Crippen LogP contribution in [0.2, 0.25) is 0 Å². The van der Waals surface area contributed by atoms with E-state index in [-0.39, 0.29) is 17.5 Å². The fourth-order valence-electron chi connectivity index (χ4n) is 2.12. The van der Waals surface area contributed by atoms with E-state index in [0.717, 1.165) is 6.42 Å². The lowest BCUT2D eigenvalue weighted by molar-refractivity contribution is 0.561. The Balaban J connectivity index is 1.86. The van der Waals surface area contributed by atoms with Crippen molar-refractivity contribution in [2.45, 2.75) is 18.9 Å². The largest absolute Gasteiger partial charge is 0.365 e. The van der Waals surface area contributed by atoms with Crippen molar-refractivity contribution < 1.29 is 8.42 Å². The molecule has 0 bridgehead atoms. The van der Waals surface area contributed by atoms with Crippen molar-refractivity contribution in [2.24, 2.45) is 0 Å². The molecule has 1 unspecified atom stereocenters. The number of anilines is 1. The monoisotopic (exact) mass is 268 g/mol. The van der Waals surface area contributed by atoms with E-state index in [9.17, 15) is 8.42 Å². The second kappa shape index (κ2) is 4.16. The number of nitrogens with one attached hydrogen (secondary N) is 1. The highest BCUT2D eigenvalue weighted by Crippen LogP contribution is 2.16. The highest BCUT2D eigenvalue weighted by Gasteiger charge is 2.25. The summed E-state index contributed by atoms with van der Waals surface area (Å²) in [6, 6.07) is -0.111. The zero-order valence-electron chi connectivity index (χ0n) is 9.52. The summed E-state index contributed by atoms with van der Waals surface area (Å²) in [5.74, 6) is 1.03. The van der Waals surface area contributed by atoms with Gasteiger partial charge in [-0.2, -0.15) is 4.52 Å². The van der Waals surface area contributed by atoms with Gasteiger partial charge in [0.1, 0.15) is 0 Å². The number of tetrazole rings is 1. The molecule has 0 aromatic carbocycles. The first-order valence-corrected chi connectivity index (χ1v) is 7.45. The lowest BCUT2D eigenvalue weighted by Gasteiger charge is -2.23. The molecule has 9 heteroatoms. The molecule has 1 aliphatic heterocycles. The van der Waals surface area contributed by atoms with Crippen LogP contribution in [0.3, 0.4) is 0 Å². The van der Waals surface area contributed by atoms with Crippen LogP contribution in [0.1, 0.15) is 12.8 Å². The first-order valence-electron chi connectivity index (χ1n) is 5.63. The van der Waals surface area contributed by atoms with Gasteiger partial charge in [-0.15, -0.1) is 5.10 Å². The average Bonchev–Trinajstić information content (AvgIpc) is 2.77. The zero-order valence-corrected chi connectivity index (χ0v) is 10.3. The van der Waals surface area contributed by atoms with Crippen molar-refractivity contribution in [1.29, 1.82) is 0 Å². The highest BCUT2D eigenvalue weighted by atomic mass is 32.2. The average molecular weight is 268 g/mol. The molecule has 1 atom stereocenters. The van der Waals surface area contributed by atoms with E-state index in [2.05, 4.69) is 25.8 Å². The second-order valence-corrected chi connectivity index (χ2v) is 6.57. The quantitative estimate of drug-likeness (QED) is 0.783. The number of fused-ring (bicyclic) bond motifs is 1. The number of hydrogen-bond donors (Lipinski definition) is 1. The van der Waals surface area contributed by atoms with Gasteiger partial charge in [0.15, 0.2) is 21.3 Å². The zero-order chi connectivity index (χ0) is 12.6. The van der Waals surface area contributed by atoms with Crippen LogP contribution in [0.15, 0.2) is 12.4 Å². The van der Waals surface area contributed by atoms with Crippen LogP contribution in [-0.2, 0) is 9.84 Å². The van der Waals surface area contributed by atoms with E-state index >= 15 is 0 Å². The van der Waals surface area contributed by atoms with Crippen LogP contribution in [-0.4, -0.2) is 51.0 Å². The summed E-state index contributed by atoms with van der Waals surface area (Å²) in [5, 5.41) is 14.3. The van der Waals surface area contributed by atoms with Gasteiger partial charge in [-0.25, -0.2) is 8.42 Å². The Morgan fingerprint density at radius 1 is 1.39 bits per heavy atom. The molecule has 0 amide bonds. The minimum atomic E-state index is -2.94. The van der Waals surface area contributed by atoms with Crippen molar-refractivity contribution in [1.82, 2.24) is 25.0 Å². The summed E-state index contributed by atoms with van der Waals surface area (Å²) < 4.78 is 24.6. The van der Waals surface area contributed by atoms with Gasteiger partial charge in [0.05, 0.1) is 23.9 Å². The van der Waals surface area contributed by atoms with Crippen molar-refractivity contribution >= 4 is 21.3 Å². The number of hydrogen-bond acceptors (Lipinski definition) is 7. The summed E-state index contributed by atoms with van der Waals surface area (Å²) in [6.07, 6.45) is 4.63. The van der Waals surface area contributed by atoms with E-state index in [1.807, 2.05) is 0 Å². The SMILES string of the molecule is O=S1(=O)CCCC(Nc2cncc3nnnn23)C1. The molecule has 96 valence electrons. The predicted octanol–water partition coefficient (Wildman–Crippen LogP) is -0.492. The van der Waals surface area contributed by atoms with E-state index in [1.54, 1.807) is 12.4 Å². The van der Waals surface area contributed by atoms with Crippen LogP contribution in [0.5, 0.6) is 0 Å². The minimum absolute atomic E-state index is 0.111. The Morgan fingerprint density at radius 3 is 3.11 bits per heavy atom. The maximum Gasteiger partial charge on any atom is 0.199 e. The third kappa shape index (κ3) is 2.13. The van der Waals surface area contributed by atoms with Crippen LogP contribution >= 0.6 is 0 Å². The molecule has 18 heavy (non-hydrogen) atoms. The van der Waals surface area contributed by atoms with Gasteiger partial charge in [-0.3, -0.25) is 4.98 Å². The highest BCUT2D eigenvalue weighted by molar-refractivity contribution is 7.91. The first-order chi connectivity index (χ1) is 8.64. The first kappa shape index (κ1) is 11.3. The summed E-state index contributed by atoms with van der Waals surface area (Å²) in [6.45, 7) is 0. The normalized spacial score (nSPS) is 23.0. The second-order valence-electron chi connectivity index (χ2n) is 4.34. The third-order valence-electron chi connectivity index (χ3n) is 2.92. The van der Waals surface area contributed by atoms with Gasteiger partial charge in [0, 0.05) is 6.04 Å². The summed E-state index contributed by atoms with van der Waals surface area (Å²) in [4.78, 5) is 4.01. The molecule has 2 aromatic heterocycles. The molecular weight excluding hydrogens is 256 g/mol. The van der Waals surface area contributed by atoms with Gasteiger partial charge in [-0.05, 0) is 23.3 Å². The predicted molar refractivity (Wildman–Crippen MR) is 63.9 cm³/mol. The molecule has 0 saturated carbocycles. The van der Waals surface area contributed by atoms with Crippen molar-refractivity contribution in [2.75, 3.05) is 16.8 Å². The molecular formula is C9H12N6O2S. The van der Waals surface area contributed by atoms with Gasteiger partial charge in [-0.1, -0.05) is 0 Å². The van der Waals surface area contributed by atoms with Crippen molar-refractivity contribution in [3.63, 3.8) is 0 Å². The maximum absolute atomic E-state index is 11.6. The molecule has 1 aliphatic rings. The fourth-order valence-corrected chi connectivity index (χ4v) is 3.76. The molecule has 2 aromatic rings. The van der Waals surface area contributed by atoms with E-state index in [4.69, 9.17) is 0 Å². The minimum Gasteiger partial charge on any atom is -0.365 e. The fraction of sp³-hybridized carbons (Fsp3) is 0.556. The molecule has 8 nitrogen and oxygen atoms in total. The van der Waals surface area contributed by atoms with Crippen molar-refractivity contribution in [3.8, 4) is 0 Å². The Labute approximate surface area is 103 Å². The standard InChI is InChI=1S/C9H12N6O2S/c16-18(17)3-1-2-7(6-18)11-8-4-10-5-9-12-13-14-15(8)9/h4-5,7,11H,1-3,6H2. The molecule has 3 heterocycles. The van der Waals surface area contributed by atoms with E-state index in [0.29, 0.717) is 17.9 Å². The Kier molecular flexibility index (Phi) is 2.62. The van der Waals surface area contributed by atoms with E-state index in [1.165, 1.54) is 4.52 Å². The Morgan fingerprint density at radius 2 is 2.28 bits per heavy atom. The lowest BCUT2D eigenvalue weighted by atomic mass is 10.2. The van der Waals surface area contributed by atoms with Crippen LogP contribution in [0, 0.1) is 0 Å². The van der Waals surface area contributed by atoms with E-state index < -0.39 is 9.84 Å². The number of aromatic nitrogens is 5. The van der Waals surface area contributed by atoms with Crippen LogP contribution in [0.4, 0.5) is 5.82 Å². The van der Waals surface area contributed by atoms with Crippen LogP contribution in [0.25, 0.3) is 5.65 Å². The van der Waals surface area contributed by atoms with Gasteiger partial charge < -0.3 is 5.32 Å². The number of sulfone groups is 1. The molecule has 0 spiro atoms. The smallest absolute Gasteiger partial charge is 0.199 e. The lowest BCUT2D eigenvalue weighted by Crippen LogP contribution is -2.35. The molecule has 0 aliphatic carbocycles. The topological polar surface area (TPSA) is 102 Å². The molecule has 0 radical (unpaired) electrons. The molecule has 1 fully saturated rings. The third-order valence-corrected chi connectivity index (χ3v) is 4.74. The molecule has 1 N–H and O–H groups in total. The maximum atomic E-state index is 11.6. The van der Waals surface area contributed by atoms with Gasteiger partial charge >= 0.3 is 0 Å². The summed E-state index contributed by atoms with van der Waals surface area (Å²) >= 11 is 0. The van der Waals surface area contributed by atoms with Crippen LogP contribution < -0.4 is 5.32 Å². The van der Waals surface area contributed by atoms with Crippen molar-refractivity contribution in [3.05, 3.63) is 12.4 Å². The Hall–Kier alpha value is -1.77. The molecule has 3 rings (SSSR count).